The molecule has 2 unspecified atom stereocenters. The SMILES string of the molecule is C[N+]1(C)c2ccccc2[B-]1(c1ccc([B-]2(c3c(F)c(F)c(F)c(F)c3F)c3ccccc3[N+]2(C)C)s1)c1c(F)c(F)c(F)c(F)c1F. The minimum Gasteiger partial charge on any atom is -0.477 e. The number of halogens is 10. The first-order valence-corrected chi connectivity index (χ1v) is 15.2. The zero-order valence-electron chi connectivity index (χ0n) is 25.0. The fourth-order valence-electron chi connectivity index (χ4n) is 8.69. The lowest BCUT2D eigenvalue weighted by molar-refractivity contribution is 0.382. The van der Waals surface area contributed by atoms with Crippen LogP contribution >= 0.6 is 11.3 Å². The number of quaternary nitrogens is 2. The zero-order chi connectivity index (χ0) is 34.2. The van der Waals surface area contributed by atoms with Gasteiger partial charge in [0.15, 0.2) is 34.9 Å². The molecule has 0 amide bonds. The molecular weight excluding hydrogens is 656 g/mol. The number of fused-ring (bicyclic) bond motifs is 2. The van der Waals surface area contributed by atoms with E-state index in [2.05, 4.69) is 0 Å². The van der Waals surface area contributed by atoms with Crippen LogP contribution in [0.1, 0.15) is 0 Å². The largest absolute Gasteiger partial charge is 0.477 e. The van der Waals surface area contributed by atoms with E-state index >= 15 is 17.6 Å². The van der Waals surface area contributed by atoms with Gasteiger partial charge in [-0.2, -0.15) is 0 Å². The average Bonchev–Trinajstić information content (AvgIpc) is 3.54. The van der Waals surface area contributed by atoms with E-state index in [-0.39, 0.29) is 29.3 Å². The molecule has 2 aliphatic heterocycles. The maximum absolute atomic E-state index is 15.8. The molecule has 3 heterocycles. The Morgan fingerprint density at radius 1 is 0.404 bits per heavy atom. The summed E-state index contributed by atoms with van der Waals surface area (Å²) in [6, 6.07) is 15.4. The van der Waals surface area contributed by atoms with Crippen LogP contribution in [0.4, 0.5) is 55.3 Å². The monoisotopic (exact) mass is 678 g/mol. The summed E-state index contributed by atoms with van der Waals surface area (Å²) in [4.78, 5) is 0. The van der Waals surface area contributed by atoms with Gasteiger partial charge >= 0.3 is 12.6 Å². The van der Waals surface area contributed by atoms with E-state index in [0.29, 0.717) is 11.4 Å². The highest BCUT2D eigenvalue weighted by Crippen LogP contribution is 2.42. The standard InChI is InChI=1S/C32H22B2F10N2S/c1-45(2)17-11-7-5-9-15(17)33(45,21-23(35)27(39)31(43)28(40)24(21)36)19-13-14-20(47-19)34(16-10-6-8-12-18(16)46(34,3)4)22-25(37)29(41)32(44)30(42)26(22)38/h5-14H,1-4H3. The Morgan fingerprint density at radius 3 is 1.00 bits per heavy atom. The fourth-order valence-corrected chi connectivity index (χ4v) is 10.6. The number of nitrogens with zero attached hydrogens (tertiary/aromatic N) is 2. The highest BCUT2D eigenvalue weighted by molar-refractivity contribution is 7.43. The van der Waals surface area contributed by atoms with Gasteiger partial charge in [0, 0.05) is 28.2 Å². The maximum Gasteiger partial charge on any atom is 0.315 e. The molecule has 242 valence electrons. The second-order valence-electron chi connectivity index (χ2n) is 13.0. The van der Waals surface area contributed by atoms with Gasteiger partial charge in [0.1, 0.15) is 23.3 Å². The van der Waals surface area contributed by atoms with Crippen molar-refractivity contribution in [2.75, 3.05) is 28.2 Å². The molecule has 0 saturated carbocycles. The summed E-state index contributed by atoms with van der Waals surface area (Å²) in [5, 5.41) is 0. The minimum atomic E-state index is -3.08. The van der Waals surface area contributed by atoms with Crippen LogP contribution < -0.4 is 40.2 Å². The summed E-state index contributed by atoms with van der Waals surface area (Å²) in [6.07, 6.45) is -6.16. The number of hydrogen-bond acceptors (Lipinski definition) is 1. The third kappa shape index (κ3) is 3.37. The van der Waals surface area contributed by atoms with Crippen LogP contribution in [0.3, 0.4) is 0 Å². The second kappa shape index (κ2) is 9.74. The summed E-state index contributed by atoms with van der Waals surface area (Å²) < 4.78 is 151. The quantitative estimate of drug-likeness (QED) is 0.116. The Hall–Kier alpha value is -4.07. The first-order valence-electron chi connectivity index (χ1n) is 14.3. The van der Waals surface area contributed by atoms with Gasteiger partial charge < -0.3 is 8.79 Å². The summed E-state index contributed by atoms with van der Waals surface area (Å²) in [5.41, 5.74) is -0.629. The summed E-state index contributed by atoms with van der Waals surface area (Å²) in [6.45, 7) is 0. The lowest BCUT2D eigenvalue weighted by Crippen LogP contribution is -2.93. The Labute approximate surface area is 266 Å². The highest BCUT2D eigenvalue weighted by Gasteiger charge is 2.64. The number of rotatable bonds is 4. The molecule has 4 aromatic carbocycles. The molecule has 5 aromatic rings. The molecule has 0 radical (unpaired) electrons. The van der Waals surface area contributed by atoms with Gasteiger partial charge in [-0.1, -0.05) is 79.9 Å². The van der Waals surface area contributed by atoms with Crippen LogP contribution in [0.5, 0.6) is 0 Å². The maximum atomic E-state index is 15.8. The van der Waals surface area contributed by atoms with Crippen LogP contribution in [0.25, 0.3) is 0 Å². The molecule has 1 aromatic heterocycles. The molecule has 0 fully saturated rings. The van der Waals surface area contributed by atoms with E-state index in [0.717, 1.165) is 11.3 Å². The van der Waals surface area contributed by atoms with Gasteiger partial charge in [-0.25, -0.2) is 55.2 Å². The molecule has 15 heteroatoms. The van der Waals surface area contributed by atoms with Gasteiger partial charge in [0.05, 0.1) is 11.4 Å². The molecule has 0 spiro atoms. The molecule has 0 aliphatic carbocycles. The predicted octanol–water partition coefficient (Wildman–Crippen LogP) is 4.23. The van der Waals surface area contributed by atoms with E-state index in [1.165, 1.54) is 64.6 Å². The van der Waals surface area contributed by atoms with Crippen molar-refractivity contribution in [1.82, 2.24) is 8.79 Å². The van der Waals surface area contributed by atoms with Crippen LogP contribution in [0.15, 0.2) is 60.7 Å². The smallest absolute Gasteiger partial charge is 0.315 e. The zero-order valence-corrected chi connectivity index (χ0v) is 25.8. The van der Waals surface area contributed by atoms with Crippen LogP contribution in [0.2, 0.25) is 0 Å². The number of hydrogen-bond donors (Lipinski definition) is 0. The number of benzene rings is 4. The van der Waals surface area contributed by atoms with Crippen molar-refractivity contribution in [3.05, 3.63) is 119 Å². The molecule has 2 aliphatic rings. The van der Waals surface area contributed by atoms with Gasteiger partial charge in [0.25, 0.3) is 0 Å². The van der Waals surface area contributed by atoms with Crippen LogP contribution in [-0.4, -0.2) is 40.8 Å². The van der Waals surface area contributed by atoms with Crippen molar-refractivity contribution in [3.63, 3.8) is 0 Å². The Bertz CT molecular complexity index is 1990. The minimum absolute atomic E-state index is 0.0708. The second-order valence-corrected chi connectivity index (χ2v) is 14.2. The predicted molar refractivity (Wildman–Crippen MR) is 166 cm³/mol. The molecule has 7 rings (SSSR count). The normalized spacial score (nSPS) is 21.9. The van der Waals surface area contributed by atoms with Crippen molar-refractivity contribution in [1.29, 1.82) is 0 Å². The molecule has 0 N–H and O–H groups in total. The van der Waals surface area contributed by atoms with Crippen molar-refractivity contribution >= 4 is 66.7 Å². The lowest BCUT2D eigenvalue weighted by Gasteiger charge is -2.66. The molecule has 0 saturated heterocycles. The third-order valence-corrected chi connectivity index (χ3v) is 12.2. The average molecular weight is 678 g/mol. The Balaban J connectivity index is 1.61. The van der Waals surface area contributed by atoms with Gasteiger partial charge in [-0.05, 0) is 12.1 Å². The van der Waals surface area contributed by atoms with Crippen LogP contribution in [0, 0.1) is 58.2 Å². The van der Waals surface area contributed by atoms with Crippen molar-refractivity contribution in [3.8, 4) is 0 Å². The van der Waals surface area contributed by atoms with Crippen LogP contribution in [-0.2, 0) is 0 Å². The van der Waals surface area contributed by atoms with E-state index in [1.54, 1.807) is 24.3 Å². The highest BCUT2D eigenvalue weighted by atomic mass is 32.1. The fraction of sp³-hybridized carbons (Fsp3) is 0.125. The van der Waals surface area contributed by atoms with E-state index in [4.69, 9.17) is 0 Å². The van der Waals surface area contributed by atoms with Gasteiger partial charge in [-0.3, -0.25) is 0 Å². The molecule has 2 atom stereocenters. The third-order valence-electron chi connectivity index (χ3n) is 10.7. The first kappa shape index (κ1) is 31.5. The van der Waals surface area contributed by atoms with E-state index < -0.39 is 81.7 Å². The van der Waals surface area contributed by atoms with E-state index in [1.807, 2.05) is 0 Å². The van der Waals surface area contributed by atoms with E-state index in [9.17, 15) is 26.3 Å². The summed E-state index contributed by atoms with van der Waals surface area (Å²) >= 11 is 0.767. The molecule has 47 heavy (non-hydrogen) atoms. The Morgan fingerprint density at radius 2 is 0.681 bits per heavy atom. The number of para-hydroxylation sites is 2. The summed E-state index contributed by atoms with van der Waals surface area (Å²) in [7, 11) is 6.12. The summed E-state index contributed by atoms with van der Waals surface area (Å²) in [5.74, 6) is -21.4. The Kier molecular flexibility index (Phi) is 6.53. The molecule has 0 bridgehead atoms. The van der Waals surface area contributed by atoms with Crippen molar-refractivity contribution in [2.45, 2.75) is 0 Å². The van der Waals surface area contributed by atoms with Gasteiger partial charge in [0.2, 0.25) is 0 Å². The first-order chi connectivity index (χ1) is 22.0. The van der Waals surface area contributed by atoms with Gasteiger partial charge in [-0.15, -0.1) is 0 Å². The topological polar surface area (TPSA) is 0 Å². The van der Waals surface area contributed by atoms with Crippen molar-refractivity contribution in [2.24, 2.45) is 0 Å². The molecule has 2 nitrogen and oxygen atoms in total. The molecular formula is C32H22B2F10N2S. The van der Waals surface area contributed by atoms with Crippen molar-refractivity contribution < 1.29 is 43.9 Å². The lowest BCUT2D eigenvalue weighted by atomic mass is 9.19. The number of thiophene rings is 1.